The summed E-state index contributed by atoms with van der Waals surface area (Å²) in [4.78, 5) is 3.93. The second-order valence-corrected chi connectivity index (χ2v) is 5.61. The third kappa shape index (κ3) is 3.23. The molecule has 0 saturated heterocycles. The molecule has 5 nitrogen and oxygen atoms in total. The van der Waals surface area contributed by atoms with E-state index in [0.29, 0.717) is 0 Å². The number of rotatable bonds is 3. The zero-order chi connectivity index (χ0) is 17.3. The first-order chi connectivity index (χ1) is 11.4. The molecule has 0 aliphatic heterocycles. The van der Waals surface area contributed by atoms with E-state index in [-0.39, 0.29) is 16.5 Å². The lowest BCUT2D eigenvalue weighted by Crippen LogP contribution is -2.11. The van der Waals surface area contributed by atoms with Crippen LogP contribution in [-0.2, 0) is 6.18 Å². The Hall–Kier alpha value is -2.48. The number of nitrogens with one attached hydrogen (secondary N) is 1. The summed E-state index contributed by atoms with van der Waals surface area (Å²) >= 11 is 6.09. The van der Waals surface area contributed by atoms with Crippen LogP contribution in [-0.4, -0.2) is 25.6 Å². The van der Waals surface area contributed by atoms with E-state index in [4.69, 9.17) is 11.6 Å². The van der Waals surface area contributed by atoms with Gasteiger partial charge in [-0.2, -0.15) is 18.4 Å². The van der Waals surface area contributed by atoms with Crippen LogP contribution >= 0.6 is 11.6 Å². The van der Waals surface area contributed by atoms with Gasteiger partial charge in [0.2, 0.25) is 0 Å². The number of hydrogen-bond donors (Lipinski definition) is 1. The molecule has 0 unspecified atom stereocenters. The fraction of sp³-hybridized carbons (Fsp3) is 0.200. The number of aromatic nitrogens is 5. The molecule has 2 heterocycles. The summed E-state index contributed by atoms with van der Waals surface area (Å²) in [6, 6.07) is 8.27. The predicted molar refractivity (Wildman–Crippen MR) is 80.6 cm³/mol. The number of aromatic amines is 1. The first-order valence-electron chi connectivity index (χ1n) is 6.89. The molecule has 0 aliphatic carbocycles. The Labute approximate surface area is 139 Å². The summed E-state index contributed by atoms with van der Waals surface area (Å²) in [5.74, 6) is -0.354. The van der Waals surface area contributed by atoms with Crippen LogP contribution in [0.15, 0.2) is 36.5 Å². The molecular weight excluding hydrogens is 343 g/mol. The SMILES string of the molecule is Cc1cccc([C@H](c2nn[nH]n2)c2ncc(C(F)(F)F)cc2Cl)c1. The maximum atomic E-state index is 12.8. The molecule has 0 spiro atoms. The predicted octanol–water partition coefficient (Wildman–Crippen LogP) is 3.76. The molecule has 0 radical (unpaired) electrons. The van der Waals surface area contributed by atoms with Crippen molar-refractivity contribution in [3.63, 3.8) is 0 Å². The molecule has 1 atom stereocenters. The van der Waals surface area contributed by atoms with Crippen molar-refractivity contribution in [2.24, 2.45) is 0 Å². The molecule has 0 bridgehead atoms. The number of tetrazole rings is 1. The van der Waals surface area contributed by atoms with Crippen LogP contribution in [0.2, 0.25) is 5.02 Å². The van der Waals surface area contributed by atoms with Crippen molar-refractivity contribution in [1.82, 2.24) is 25.6 Å². The lowest BCUT2D eigenvalue weighted by atomic mass is 9.93. The molecule has 9 heteroatoms. The van der Waals surface area contributed by atoms with Gasteiger partial charge in [-0.25, -0.2) is 0 Å². The van der Waals surface area contributed by atoms with E-state index in [2.05, 4.69) is 25.6 Å². The lowest BCUT2D eigenvalue weighted by Gasteiger charge is -2.16. The third-order valence-corrected chi connectivity index (χ3v) is 3.77. The van der Waals surface area contributed by atoms with E-state index in [1.165, 1.54) is 0 Å². The van der Waals surface area contributed by atoms with Gasteiger partial charge in [-0.05, 0) is 18.6 Å². The van der Waals surface area contributed by atoms with Crippen molar-refractivity contribution in [1.29, 1.82) is 0 Å². The molecule has 0 saturated carbocycles. The summed E-state index contributed by atoms with van der Waals surface area (Å²) in [6.45, 7) is 1.90. The Kier molecular flexibility index (Phi) is 4.23. The third-order valence-electron chi connectivity index (χ3n) is 3.47. The summed E-state index contributed by atoms with van der Waals surface area (Å²) in [5, 5.41) is 13.6. The first kappa shape index (κ1) is 16.4. The number of benzene rings is 1. The Morgan fingerprint density at radius 2 is 2.00 bits per heavy atom. The highest BCUT2D eigenvalue weighted by Crippen LogP contribution is 2.36. The fourth-order valence-electron chi connectivity index (χ4n) is 2.39. The average Bonchev–Trinajstić information content (AvgIpc) is 3.02. The van der Waals surface area contributed by atoms with Crippen LogP contribution in [0.1, 0.15) is 34.1 Å². The number of halogens is 4. The van der Waals surface area contributed by atoms with Gasteiger partial charge in [-0.1, -0.05) is 46.6 Å². The number of pyridine rings is 1. The average molecular weight is 354 g/mol. The zero-order valence-corrected chi connectivity index (χ0v) is 13.1. The maximum Gasteiger partial charge on any atom is 0.417 e. The van der Waals surface area contributed by atoms with Gasteiger partial charge < -0.3 is 0 Å². The van der Waals surface area contributed by atoms with Crippen molar-refractivity contribution in [2.45, 2.75) is 19.0 Å². The topological polar surface area (TPSA) is 67.3 Å². The molecule has 1 N–H and O–H groups in total. The van der Waals surface area contributed by atoms with Crippen molar-refractivity contribution in [3.05, 3.63) is 69.8 Å². The quantitative estimate of drug-likeness (QED) is 0.778. The van der Waals surface area contributed by atoms with Crippen LogP contribution in [0.5, 0.6) is 0 Å². The van der Waals surface area contributed by atoms with Gasteiger partial charge in [-0.15, -0.1) is 10.2 Å². The minimum atomic E-state index is -4.51. The second kappa shape index (κ2) is 6.20. The Bertz CT molecular complexity index is 849. The number of aryl methyl sites for hydroxylation is 1. The van der Waals surface area contributed by atoms with Crippen molar-refractivity contribution in [2.75, 3.05) is 0 Å². The summed E-state index contributed by atoms with van der Waals surface area (Å²) in [7, 11) is 0. The van der Waals surface area contributed by atoms with Crippen LogP contribution in [0.4, 0.5) is 13.2 Å². The van der Waals surface area contributed by atoms with Gasteiger partial charge in [0.05, 0.1) is 22.2 Å². The van der Waals surface area contributed by atoms with E-state index >= 15 is 0 Å². The van der Waals surface area contributed by atoms with Gasteiger partial charge >= 0.3 is 6.18 Å². The smallest absolute Gasteiger partial charge is 0.258 e. The van der Waals surface area contributed by atoms with Crippen molar-refractivity contribution >= 4 is 11.6 Å². The normalized spacial score (nSPS) is 13.0. The standard InChI is InChI=1S/C15H11ClF3N5/c1-8-3-2-4-9(5-8)12(14-21-23-24-22-14)13-11(16)6-10(7-20-13)15(17,18)19/h2-7,12H,1H3,(H,21,22,23,24)/t12-/m0/s1. The van der Waals surface area contributed by atoms with Crippen LogP contribution in [0, 0.1) is 6.92 Å². The first-order valence-corrected chi connectivity index (χ1v) is 7.26. The molecule has 0 aliphatic rings. The summed E-state index contributed by atoms with van der Waals surface area (Å²) in [6.07, 6.45) is -3.76. The molecule has 1 aromatic carbocycles. The Morgan fingerprint density at radius 3 is 2.58 bits per heavy atom. The lowest BCUT2D eigenvalue weighted by molar-refractivity contribution is -0.137. The highest BCUT2D eigenvalue weighted by atomic mass is 35.5. The zero-order valence-electron chi connectivity index (χ0n) is 12.3. The minimum absolute atomic E-state index is 0.110. The van der Waals surface area contributed by atoms with Gasteiger partial charge in [-0.3, -0.25) is 4.98 Å². The largest absolute Gasteiger partial charge is 0.417 e. The monoisotopic (exact) mass is 353 g/mol. The van der Waals surface area contributed by atoms with E-state index in [9.17, 15) is 13.2 Å². The second-order valence-electron chi connectivity index (χ2n) is 5.21. The minimum Gasteiger partial charge on any atom is -0.258 e. The van der Waals surface area contributed by atoms with Crippen LogP contribution in [0.25, 0.3) is 0 Å². The van der Waals surface area contributed by atoms with Gasteiger partial charge in [0, 0.05) is 6.20 Å². The molecule has 2 aromatic heterocycles. The maximum absolute atomic E-state index is 12.8. The van der Waals surface area contributed by atoms with E-state index < -0.39 is 17.7 Å². The molecule has 0 amide bonds. The number of alkyl halides is 3. The summed E-state index contributed by atoms with van der Waals surface area (Å²) < 4.78 is 38.4. The van der Waals surface area contributed by atoms with Crippen molar-refractivity contribution < 1.29 is 13.2 Å². The molecule has 0 fully saturated rings. The van der Waals surface area contributed by atoms with Gasteiger partial charge in [0.1, 0.15) is 0 Å². The molecule has 124 valence electrons. The van der Waals surface area contributed by atoms with Crippen LogP contribution in [0.3, 0.4) is 0 Å². The fourth-order valence-corrected chi connectivity index (χ4v) is 2.66. The van der Waals surface area contributed by atoms with E-state index in [1.54, 1.807) is 0 Å². The van der Waals surface area contributed by atoms with E-state index in [0.717, 1.165) is 23.4 Å². The highest BCUT2D eigenvalue weighted by Gasteiger charge is 2.33. The van der Waals surface area contributed by atoms with Crippen LogP contribution < -0.4 is 0 Å². The number of nitrogens with zero attached hydrogens (tertiary/aromatic N) is 4. The molecule has 3 aromatic rings. The number of hydrogen-bond acceptors (Lipinski definition) is 4. The number of H-pyrrole nitrogens is 1. The van der Waals surface area contributed by atoms with E-state index in [1.807, 2.05) is 31.2 Å². The van der Waals surface area contributed by atoms with Gasteiger partial charge in [0.25, 0.3) is 0 Å². The summed E-state index contributed by atoms with van der Waals surface area (Å²) in [5.41, 5.74) is 1.05. The van der Waals surface area contributed by atoms with Crippen molar-refractivity contribution in [3.8, 4) is 0 Å². The molecule has 24 heavy (non-hydrogen) atoms. The van der Waals surface area contributed by atoms with Gasteiger partial charge in [0.15, 0.2) is 5.82 Å². The Morgan fingerprint density at radius 1 is 1.21 bits per heavy atom. The molecule has 3 rings (SSSR count). The Balaban J connectivity index is 2.14. The molecular formula is C15H11ClF3N5. The highest BCUT2D eigenvalue weighted by molar-refractivity contribution is 6.31.